The largest absolute Gasteiger partial charge is 0.446 e. The third-order valence-electron chi connectivity index (χ3n) is 5.05. The molecule has 0 unspecified atom stereocenters. The van der Waals surface area contributed by atoms with Crippen LogP contribution < -0.4 is 5.32 Å². The molecule has 1 heterocycles. The van der Waals surface area contributed by atoms with Crippen molar-refractivity contribution in [2.24, 2.45) is 5.92 Å². The molecule has 0 aliphatic carbocycles. The number of amides is 2. The molecule has 0 aliphatic heterocycles. The van der Waals surface area contributed by atoms with Crippen LogP contribution in [0.5, 0.6) is 0 Å². The van der Waals surface area contributed by atoms with Gasteiger partial charge in [0.05, 0.1) is 6.54 Å². The molecular weight excluding hydrogens is 398 g/mol. The Morgan fingerprint density at radius 2 is 1.81 bits per heavy atom. The highest BCUT2D eigenvalue weighted by Gasteiger charge is 2.24. The minimum atomic E-state index is -0.282. The second kappa shape index (κ2) is 16.7. The lowest BCUT2D eigenvalue weighted by atomic mass is 9.97. The van der Waals surface area contributed by atoms with E-state index in [1.807, 2.05) is 13.8 Å². The van der Waals surface area contributed by atoms with Crippen molar-refractivity contribution >= 4 is 11.8 Å². The molecule has 0 fully saturated rings. The maximum absolute atomic E-state index is 13.1. The van der Waals surface area contributed by atoms with Crippen LogP contribution in [0, 0.1) is 5.92 Å². The summed E-state index contributed by atoms with van der Waals surface area (Å²) >= 11 is 0. The van der Waals surface area contributed by atoms with Crippen LogP contribution in [0.4, 0.5) is 0 Å². The monoisotopic (exact) mass is 439 g/mol. The van der Waals surface area contributed by atoms with Crippen molar-refractivity contribution < 1.29 is 23.5 Å². The quantitative estimate of drug-likeness (QED) is 0.350. The minimum Gasteiger partial charge on any atom is -0.446 e. The second-order valence-electron chi connectivity index (χ2n) is 7.49. The van der Waals surface area contributed by atoms with E-state index in [4.69, 9.17) is 13.9 Å². The molecule has 1 N–H and O–H groups in total. The van der Waals surface area contributed by atoms with Gasteiger partial charge in [-0.25, -0.2) is 4.98 Å². The van der Waals surface area contributed by atoms with Crippen molar-refractivity contribution in [1.82, 2.24) is 15.2 Å². The van der Waals surface area contributed by atoms with Crippen molar-refractivity contribution in [3.63, 3.8) is 0 Å². The number of oxazole rings is 1. The van der Waals surface area contributed by atoms with Gasteiger partial charge in [0.15, 0.2) is 5.69 Å². The molecule has 2 amide bonds. The number of hydrogen-bond donors (Lipinski definition) is 1. The molecule has 31 heavy (non-hydrogen) atoms. The molecule has 0 saturated heterocycles. The molecular formula is C23H41N3O5. The Morgan fingerprint density at radius 3 is 2.45 bits per heavy atom. The third kappa shape index (κ3) is 10.8. The number of carbonyl (C=O) groups excluding carboxylic acids is 2. The molecule has 8 nitrogen and oxygen atoms in total. The summed E-state index contributed by atoms with van der Waals surface area (Å²) in [5, 5.41) is 2.81. The fraction of sp³-hybridized carbons (Fsp3) is 0.783. The summed E-state index contributed by atoms with van der Waals surface area (Å²) in [6.45, 7) is 11.9. The van der Waals surface area contributed by atoms with E-state index in [2.05, 4.69) is 24.1 Å². The average Bonchev–Trinajstić information content (AvgIpc) is 3.24. The first-order valence-corrected chi connectivity index (χ1v) is 11.7. The number of hydrogen-bond acceptors (Lipinski definition) is 6. The lowest BCUT2D eigenvalue weighted by molar-refractivity contribution is -0.137. The predicted molar refractivity (Wildman–Crippen MR) is 120 cm³/mol. The molecule has 1 rings (SSSR count). The Labute approximate surface area is 187 Å². The topological polar surface area (TPSA) is 93.9 Å². The standard InChI is InChI=1S/C23H41N3O5/c1-5-9-12-19(6-2)23(28)26(14-11-16-30-8-4)17-21-25-20(18-31-21)22(27)24-13-10-15-29-7-3/h18-19H,5-17H2,1-4H3,(H,24,27)/t19-/m1/s1. The highest BCUT2D eigenvalue weighted by atomic mass is 16.5. The lowest BCUT2D eigenvalue weighted by Crippen LogP contribution is -2.37. The Morgan fingerprint density at radius 1 is 1.10 bits per heavy atom. The average molecular weight is 440 g/mol. The van der Waals surface area contributed by atoms with Gasteiger partial charge >= 0.3 is 0 Å². The van der Waals surface area contributed by atoms with E-state index in [-0.39, 0.29) is 30.0 Å². The molecule has 0 saturated carbocycles. The first kappa shape index (κ1) is 27.1. The highest BCUT2D eigenvalue weighted by molar-refractivity contribution is 5.91. The van der Waals surface area contributed by atoms with Crippen LogP contribution in [0.3, 0.4) is 0 Å². The van der Waals surface area contributed by atoms with Crippen molar-refractivity contribution in [2.75, 3.05) is 39.5 Å². The summed E-state index contributed by atoms with van der Waals surface area (Å²) < 4.78 is 16.2. The summed E-state index contributed by atoms with van der Waals surface area (Å²) in [5.74, 6) is 0.201. The normalized spacial score (nSPS) is 12.0. The van der Waals surface area contributed by atoms with E-state index in [1.54, 1.807) is 4.90 Å². The predicted octanol–water partition coefficient (Wildman–Crippen LogP) is 3.80. The summed E-state index contributed by atoms with van der Waals surface area (Å²) in [7, 11) is 0. The minimum absolute atomic E-state index is 0.00452. The first-order valence-electron chi connectivity index (χ1n) is 11.7. The first-order chi connectivity index (χ1) is 15.1. The zero-order valence-corrected chi connectivity index (χ0v) is 19.8. The molecule has 0 bridgehead atoms. The number of aromatic nitrogens is 1. The number of ether oxygens (including phenoxy) is 2. The smallest absolute Gasteiger partial charge is 0.273 e. The molecule has 1 atom stereocenters. The summed E-state index contributed by atoms with van der Waals surface area (Å²) in [4.78, 5) is 31.5. The molecule has 0 spiro atoms. The lowest BCUT2D eigenvalue weighted by Gasteiger charge is -2.26. The number of nitrogens with zero attached hydrogens (tertiary/aromatic N) is 2. The fourth-order valence-electron chi connectivity index (χ4n) is 3.24. The molecule has 1 aromatic rings. The Kier molecular flexibility index (Phi) is 14.6. The maximum Gasteiger partial charge on any atom is 0.273 e. The summed E-state index contributed by atoms with van der Waals surface area (Å²) in [6, 6.07) is 0. The van der Waals surface area contributed by atoms with Crippen LogP contribution >= 0.6 is 0 Å². The molecule has 8 heteroatoms. The number of rotatable bonds is 18. The number of unbranched alkanes of at least 4 members (excludes halogenated alkanes) is 1. The van der Waals surface area contributed by atoms with Crippen LogP contribution in [0.15, 0.2) is 10.7 Å². The van der Waals surface area contributed by atoms with Crippen molar-refractivity contribution in [2.45, 2.75) is 72.8 Å². The van der Waals surface area contributed by atoms with Gasteiger partial charge in [-0.15, -0.1) is 0 Å². The van der Waals surface area contributed by atoms with Gasteiger partial charge in [0.2, 0.25) is 11.8 Å². The fourth-order valence-corrected chi connectivity index (χ4v) is 3.24. The molecule has 178 valence electrons. The number of carbonyl (C=O) groups is 2. The van der Waals surface area contributed by atoms with E-state index in [0.717, 1.165) is 38.5 Å². The van der Waals surface area contributed by atoms with Crippen molar-refractivity contribution in [1.29, 1.82) is 0 Å². The number of nitrogens with one attached hydrogen (secondary N) is 1. The van der Waals surface area contributed by atoms with E-state index >= 15 is 0 Å². The van der Waals surface area contributed by atoms with Gasteiger partial charge in [0.1, 0.15) is 6.26 Å². The molecule has 0 aliphatic rings. The van der Waals surface area contributed by atoms with Gasteiger partial charge in [0.25, 0.3) is 5.91 Å². The van der Waals surface area contributed by atoms with Crippen molar-refractivity contribution in [3.05, 3.63) is 17.8 Å². The van der Waals surface area contributed by atoms with Crippen LogP contribution in [-0.2, 0) is 20.8 Å². The highest BCUT2D eigenvalue weighted by Crippen LogP contribution is 2.18. The Balaban J connectivity index is 2.70. The summed E-state index contributed by atoms with van der Waals surface area (Å²) in [5.41, 5.74) is 0.228. The van der Waals surface area contributed by atoms with Gasteiger partial charge < -0.3 is 24.1 Å². The van der Waals surface area contributed by atoms with Crippen LogP contribution in [0.1, 0.15) is 82.6 Å². The van der Waals surface area contributed by atoms with Crippen LogP contribution in [0.2, 0.25) is 0 Å². The second-order valence-corrected chi connectivity index (χ2v) is 7.49. The Hall–Kier alpha value is -1.93. The van der Waals surface area contributed by atoms with E-state index in [1.165, 1.54) is 6.26 Å². The zero-order valence-electron chi connectivity index (χ0n) is 19.8. The Bertz CT molecular complexity index is 620. The van der Waals surface area contributed by atoms with Gasteiger partial charge in [-0.05, 0) is 39.5 Å². The van der Waals surface area contributed by atoms with Gasteiger partial charge in [-0.2, -0.15) is 0 Å². The third-order valence-corrected chi connectivity index (χ3v) is 5.05. The van der Waals surface area contributed by atoms with Gasteiger partial charge in [-0.3, -0.25) is 9.59 Å². The van der Waals surface area contributed by atoms with Gasteiger partial charge in [0, 0.05) is 45.4 Å². The van der Waals surface area contributed by atoms with Crippen molar-refractivity contribution in [3.8, 4) is 0 Å². The van der Waals surface area contributed by atoms with Crippen LogP contribution in [0.25, 0.3) is 0 Å². The molecule has 0 aromatic carbocycles. The van der Waals surface area contributed by atoms with E-state index in [0.29, 0.717) is 45.4 Å². The van der Waals surface area contributed by atoms with E-state index < -0.39 is 0 Å². The zero-order chi connectivity index (χ0) is 22.9. The maximum atomic E-state index is 13.1. The molecule has 1 aromatic heterocycles. The molecule has 0 radical (unpaired) electrons. The van der Waals surface area contributed by atoms with E-state index in [9.17, 15) is 9.59 Å². The summed E-state index contributed by atoms with van der Waals surface area (Å²) in [6.07, 6.45) is 6.63. The van der Waals surface area contributed by atoms with Gasteiger partial charge in [-0.1, -0.05) is 26.7 Å². The SMILES string of the molecule is CCCC[C@@H](CC)C(=O)N(CCCOCC)Cc1nc(C(=O)NCCCOCC)co1. The van der Waals surface area contributed by atoms with Crippen LogP contribution in [-0.4, -0.2) is 61.2 Å².